The van der Waals surface area contributed by atoms with Crippen molar-refractivity contribution in [3.63, 3.8) is 0 Å². The molecule has 0 saturated heterocycles. The molecule has 0 atom stereocenters. The second-order valence-electron chi connectivity index (χ2n) is 3.59. The SMILES string of the molecule is CCOC1=NC=CC2=CC=CC=C(C=C1)C2. The van der Waals surface area contributed by atoms with E-state index in [4.69, 9.17) is 4.74 Å². The van der Waals surface area contributed by atoms with E-state index < -0.39 is 0 Å². The average molecular weight is 213 g/mol. The maximum absolute atomic E-state index is 5.40. The van der Waals surface area contributed by atoms with Gasteiger partial charge in [0.2, 0.25) is 5.90 Å². The molecule has 0 amide bonds. The van der Waals surface area contributed by atoms with Gasteiger partial charge in [0.05, 0.1) is 6.61 Å². The fraction of sp³-hybridized carbons (Fsp3) is 0.214. The van der Waals surface area contributed by atoms with E-state index in [2.05, 4.69) is 35.4 Å². The Morgan fingerprint density at radius 1 is 1.12 bits per heavy atom. The molecule has 0 N–H and O–H groups in total. The van der Waals surface area contributed by atoms with Gasteiger partial charge >= 0.3 is 0 Å². The van der Waals surface area contributed by atoms with Crippen molar-refractivity contribution >= 4 is 5.90 Å². The molecule has 2 bridgehead atoms. The van der Waals surface area contributed by atoms with E-state index in [1.807, 2.05) is 19.1 Å². The first kappa shape index (κ1) is 10.7. The van der Waals surface area contributed by atoms with Gasteiger partial charge in [-0.15, -0.1) is 0 Å². The number of rotatable bonds is 1. The average Bonchev–Trinajstić information content (AvgIpc) is 2.44. The summed E-state index contributed by atoms with van der Waals surface area (Å²) >= 11 is 0. The van der Waals surface area contributed by atoms with Crippen LogP contribution in [0, 0.1) is 0 Å². The highest BCUT2D eigenvalue weighted by molar-refractivity contribution is 5.88. The summed E-state index contributed by atoms with van der Waals surface area (Å²) in [7, 11) is 0. The normalized spacial score (nSPS) is 18.7. The zero-order valence-electron chi connectivity index (χ0n) is 9.39. The van der Waals surface area contributed by atoms with Gasteiger partial charge in [0, 0.05) is 12.3 Å². The molecule has 2 nitrogen and oxygen atoms in total. The van der Waals surface area contributed by atoms with Gasteiger partial charge in [-0.3, -0.25) is 0 Å². The smallest absolute Gasteiger partial charge is 0.213 e. The molecule has 2 heteroatoms. The molecule has 0 spiro atoms. The van der Waals surface area contributed by atoms with Crippen molar-refractivity contribution in [1.29, 1.82) is 0 Å². The van der Waals surface area contributed by atoms with E-state index in [0.717, 1.165) is 6.42 Å². The summed E-state index contributed by atoms with van der Waals surface area (Å²) < 4.78 is 5.40. The maximum atomic E-state index is 5.40. The third-order valence-corrected chi connectivity index (χ3v) is 2.36. The molecule has 1 heterocycles. The molecule has 2 aliphatic rings. The summed E-state index contributed by atoms with van der Waals surface area (Å²) in [5.74, 6) is 0.662. The minimum absolute atomic E-state index is 0.638. The fourth-order valence-electron chi connectivity index (χ4n) is 1.60. The van der Waals surface area contributed by atoms with Gasteiger partial charge in [0.1, 0.15) is 0 Å². The highest BCUT2D eigenvalue weighted by atomic mass is 16.5. The lowest BCUT2D eigenvalue weighted by Crippen LogP contribution is -1.99. The highest BCUT2D eigenvalue weighted by Gasteiger charge is 2.02. The van der Waals surface area contributed by atoms with E-state index in [-0.39, 0.29) is 0 Å². The monoisotopic (exact) mass is 213 g/mol. The Bertz CT molecular complexity index is 434. The van der Waals surface area contributed by atoms with Crippen molar-refractivity contribution in [3.05, 3.63) is 59.9 Å². The molecule has 0 fully saturated rings. The molecule has 1 aliphatic heterocycles. The molecule has 0 unspecified atom stereocenters. The molecule has 0 aromatic heterocycles. The molecule has 1 aliphatic carbocycles. The third-order valence-electron chi connectivity index (χ3n) is 2.36. The zero-order valence-corrected chi connectivity index (χ0v) is 9.39. The van der Waals surface area contributed by atoms with Crippen molar-refractivity contribution in [3.8, 4) is 0 Å². The standard InChI is InChI=1S/C14H15NO/c1-2-16-14-8-7-12-5-3-4-6-13(11-12)9-10-15-14/h3-10H,2,11H2,1H3. The fourth-order valence-corrected chi connectivity index (χ4v) is 1.60. The second-order valence-corrected chi connectivity index (χ2v) is 3.59. The Balaban J connectivity index is 2.31. The predicted molar refractivity (Wildman–Crippen MR) is 67.3 cm³/mol. The van der Waals surface area contributed by atoms with E-state index in [1.165, 1.54) is 11.1 Å². The maximum Gasteiger partial charge on any atom is 0.213 e. The van der Waals surface area contributed by atoms with Crippen LogP contribution in [0.5, 0.6) is 0 Å². The molecule has 0 aromatic rings. The lowest BCUT2D eigenvalue weighted by Gasteiger charge is -2.01. The van der Waals surface area contributed by atoms with E-state index in [0.29, 0.717) is 12.5 Å². The number of ether oxygens (including phenoxy) is 1. The Hall–Kier alpha value is -1.83. The summed E-state index contributed by atoms with van der Waals surface area (Å²) in [6.07, 6.45) is 17.1. The van der Waals surface area contributed by atoms with Gasteiger partial charge in [-0.1, -0.05) is 30.4 Å². The third kappa shape index (κ3) is 2.83. The lowest BCUT2D eigenvalue weighted by atomic mass is 10.1. The van der Waals surface area contributed by atoms with Gasteiger partial charge in [0.25, 0.3) is 0 Å². The number of allylic oxidation sites excluding steroid dienone is 8. The topological polar surface area (TPSA) is 21.6 Å². The van der Waals surface area contributed by atoms with E-state index >= 15 is 0 Å². The second kappa shape index (κ2) is 5.31. The Kier molecular flexibility index (Phi) is 3.54. The van der Waals surface area contributed by atoms with Gasteiger partial charge in [-0.2, -0.15) is 0 Å². The van der Waals surface area contributed by atoms with Crippen molar-refractivity contribution in [2.75, 3.05) is 6.61 Å². The Labute approximate surface area is 96.0 Å². The summed E-state index contributed by atoms with van der Waals surface area (Å²) in [5.41, 5.74) is 2.52. The van der Waals surface area contributed by atoms with Crippen LogP contribution < -0.4 is 0 Å². The first-order valence-corrected chi connectivity index (χ1v) is 5.50. The van der Waals surface area contributed by atoms with Crippen LogP contribution in [0.15, 0.2) is 64.9 Å². The van der Waals surface area contributed by atoms with Crippen LogP contribution >= 0.6 is 0 Å². The molecular weight excluding hydrogens is 198 g/mol. The molecule has 0 aromatic carbocycles. The summed E-state index contributed by atoms with van der Waals surface area (Å²) in [6.45, 7) is 2.60. The van der Waals surface area contributed by atoms with Crippen LogP contribution in [0.4, 0.5) is 0 Å². The van der Waals surface area contributed by atoms with Gasteiger partial charge in [-0.05, 0) is 30.6 Å². The highest BCUT2D eigenvalue weighted by Crippen LogP contribution is 2.18. The van der Waals surface area contributed by atoms with Crippen LogP contribution in [0.1, 0.15) is 13.3 Å². The molecule has 16 heavy (non-hydrogen) atoms. The number of hydrogen-bond donors (Lipinski definition) is 0. The zero-order chi connectivity index (χ0) is 11.2. The lowest BCUT2D eigenvalue weighted by molar-refractivity contribution is 0.330. The van der Waals surface area contributed by atoms with Crippen molar-refractivity contribution < 1.29 is 4.74 Å². The predicted octanol–water partition coefficient (Wildman–Crippen LogP) is 3.32. The van der Waals surface area contributed by atoms with Crippen molar-refractivity contribution in [1.82, 2.24) is 0 Å². The molecule has 0 saturated carbocycles. The first-order chi connectivity index (χ1) is 7.88. The quantitative estimate of drug-likeness (QED) is 0.654. The molecular formula is C14H15NO. The van der Waals surface area contributed by atoms with Crippen LogP contribution in [0.2, 0.25) is 0 Å². The van der Waals surface area contributed by atoms with E-state index in [1.54, 1.807) is 6.20 Å². The molecule has 82 valence electrons. The number of nitrogens with zero attached hydrogens (tertiary/aromatic N) is 1. The number of hydrogen-bond acceptors (Lipinski definition) is 2. The number of fused-ring (bicyclic) bond motifs is 2. The van der Waals surface area contributed by atoms with Gasteiger partial charge in [0.15, 0.2) is 0 Å². The first-order valence-electron chi connectivity index (χ1n) is 5.50. The molecule has 2 rings (SSSR count). The van der Waals surface area contributed by atoms with Gasteiger partial charge < -0.3 is 4.74 Å². The van der Waals surface area contributed by atoms with Crippen LogP contribution in [0.3, 0.4) is 0 Å². The summed E-state index contributed by atoms with van der Waals surface area (Å²) in [6, 6.07) is 0. The summed E-state index contributed by atoms with van der Waals surface area (Å²) in [4.78, 5) is 4.26. The van der Waals surface area contributed by atoms with Crippen molar-refractivity contribution in [2.24, 2.45) is 4.99 Å². The van der Waals surface area contributed by atoms with E-state index in [9.17, 15) is 0 Å². The van der Waals surface area contributed by atoms with Crippen LogP contribution in [-0.4, -0.2) is 12.5 Å². The summed E-state index contributed by atoms with van der Waals surface area (Å²) in [5, 5.41) is 0. The largest absolute Gasteiger partial charge is 0.478 e. The van der Waals surface area contributed by atoms with Crippen molar-refractivity contribution in [2.45, 2.75) is 13.3 Å². The Morgan fingerprint density at radius 3 is 2.62 bits per heavy atom. The minimum atomic E-state index is 0.638. The van der Waals surface area contributed by atoms with Gasteiger partial charge in [-0.25, -0.2) is 4.99 Å². The van der Waals surface area contributed by atoms with Crippen LogP contribution in [-0.2, 0) is 4.74 Å². The number of aliphatic imine (C=N–C) groups is 1. The molecule has 0 radical (unpaired) electrons. The minimum Gasteiger partial charge on any atom is -0.478 e. The Morgan fingerprint density at radius 2 is 1.88 bits per heavy atom. The van der Waals surface area contributed by atoms with Crippen LogP contribution in [0.25, 0.3) is 0 Å².